The third kappa shape index (κ3) is 3.80. The zero-order valence-corrected chi connectivity index (χ0v) is 13.3. The van der Waals surface area contributed by atoms with E-state index in [1.54, 1.807) is 48.5 Å². The van der Waals surface area contributed by atoms with E-state index in [1.807, 2.05) is 6.92 Å². The second-order valence-electron chi connectivity index (χ2n) is 5.70. The van der Waals surface area contributed by atoms with Gasteiger partial charge in [0.1, 0.15) is 5.75 Å². The van der Waals surface area contributed by atoms with Gasteiger partial charge >= 0.3 is 0 Å². The van der Waals surface area contributed by atoms with Crippen molar-refractivity contribution < 1.29 is 13.2 Å². The molecule has 0 bridgehead atoms. The second kappa shape index (κ2) is 6.01. The van der Waals surface area contributed by atoms with Gasteiger partial charge in [-0.15, -0.1) is 0 Å². The number of hydrogen-bond donors (Lipinski definition) is 1. The molecular weight excluding hydrogens is 298 g/mol. The second-order valence-corrected chi connectivity index (χ2v) is 7.38. The number of anilines is 1. The summed E-state index contributed by atoms with van der Waals surface area (Å²) >= 11 is 0. The third-order valence-electron chi connectivity index (χ3n) is 3.62. The Balaban J connectivity index is 1.67. The van der Waals surface area contributed by atoms with Crippen LogP contribution in [0.4, 0.5) is 5.69 Å². The fourth-order valence-electron chi connectivity index (χ4n) is 2.05. The molecule has 1 aliphatic carbocycles. The zero-order valence-electron chi connectivity index (χ0n) is 12.5. The van der Waals surface area contributed by atoms with Gasteiger partial charge in [0.15, 0.2) is 0 Å². The van der Waals surface area contributed by atoms with Crippen LogP contribution in [0.25, 0.3) is 0 Å². The van der Waals surface area contributed by atoms with Crippen molar-refractivity contribution >= 4 is 15.7 Å². The molecule has 0 spiro atoms. The summed E-state index contributed by atoms with van der Waals surface area (Å²) in [5, 5.41) is 0. The standard InChI is InChI=1S/C17H19NO3S/c1-13-2-10-17(11-3-13)22(19,20)18-15-6-8-16(9-7-15)21-12-14-4-5-14/h2-3,6-11,14,18H,4-5,12H2,1H3. The highest BCUT2D eigenvalue weighted by Gasteiger charge is 2.21. The highest BCUT2D eigenvalue weighted by molar-refractivity contribution is 7.92. The fraction of sp³-hybridized carbons (Fsp3) is 0.294. The van der Waals surface area contributed by atoms with Crippen LogP contribution in [0.2, 0.25) is 0 Å². The van der Waals surface area contributed by atoms with Crippen molar-refractivity contribution in [1.29, 1.82) is 0 Å². The minimum atomic E-state index is -3.55. The lowest BCUT2D eigenvalue weighted by Crippen LogP contribution is -2.12. The van der Waals surface area contributed by atoms with Crippen molar-refractivity contribution in [3.05, 3.63) is 54.1 Å². The van der Waals surface area contributed by atoms with Gasteiger partial charge in [0.2, 0.25) is 0 Å². The Hall–Kier alpha value is -2.01. The van der Waals surface area contributed by atoms with Crippen molar-refractivity contribution in [1.82, 2.24) is 0 Å². The van der Waals surface area contributed by atoms with E-state index in [0.717, 1.165) is 17.9 Å². The zero-order chi connectivity index (χ0) is 15.6. The molecule has 0 radical (unpaired) electrons. The molecule has 2 aromatic carbocycles. The molecular formula is C17H19NO3S. The maximum atomic E-state index is 12.3. The van der Waals surface area contributed by atoms with Gasteiger partial charge in [-0.25, -0.2) is 8.42 Å². The molecule has 0 saturated heterocycles. The largest absolute Gasteiger partial charge is 0.493 e. The van der Waals surface area contributed by atoms with Crippen molar-refractivity contribution in [3.63, 3.8) is 0 Å². The predicted molar refractivity (Wildman–Crippen MR) is 86.6 cm³/mol. The molecule has 1 fully saturated rings. The molecule has 0 heterocycles. The number of ether oxygens (including phenoxy) is 1. The Morgan fingerprint density at radius 2 is 1.68 bits per heavy atom. The molecule has 1 N–H and O–H groups in total. The van der Waals surface area contributed by atoms with E-state index in [4.69, 9.17) is 4.74 Å². The molecule has 0 unspecified atom stereocenters. The summed E-state index contributed by atoms with van der Waals surface area (Å²) in [5.74, 6) is 1.46. The monoisotopic (exact) mass is 317 g/mol. The molecule has 3 rings (SSSR count). The van der Waals surface area contributed by atoms with E-state index in [1.165, 1.54) is 12.8 Å². The predicted octanol–water partition coefficient (Wildman–Crippen LogP) is 3.58. The van der Waals surface area contributed by atoms with Gasteiger partial charge in [-0.2, -0.15) is 0 Å². The Morgan fingerprint density at radius 1 is 1.05 bits per heavy atom. The first-order chi connectivity index (χ1) is 10.5. The summed E-state index contributed by atoms with van der Waals surface area (Å²) in [6.07, 6.45) is 2.49. The molecule has 116 valence electrons. The number of rotatable bonds is 6. The molecule has 1 saturated carbocycles. The van der Waals surface area contributed by atoms with Crippen LogP contribution in [-0.4, -0.2) is 15.0 Å². The van der Waals surface area contributed by atoms with Gasteiger partial charge in [0, 0.05) is 5.69 Å². The van der Waals surface area contributed by atoms with Gasteiger partial charge in [-0.05, 0) is 62.1 Å². The third-order valence-corrected chi connectivity index (χ3v) is 5.02. The lowest BCUT2D eigenvalue weighted by Gasteiger charge is -2.10. The summed E-state index contributed by atoms with van der Waals surface area (Å²) < 4.78 is 32.8. The number of hydrogen-bond acceptors (Lipinski definition) is 3. The van der Waals surface area contributed by atoms with Gasteiger partial charge < -0.3 is 4.74 Å². The SMILES string of the molecule is Cc1ccc(S(=O)(=O)Nc2ccc(OCC3CC3)cc2)cc1. The minimum absolute atomic E-state index is 0.257. The average Bonchev–Trinajstić information content (AvgIpc) is 3.31. The first-order valence-electron chi connectivity index (χ1n) is 7.35. The van der Waals surface area contributed by atoms with E-state index in [2.05, 4.69) is 4.72 Å². The van der Waals surface area contributed by atoms with Crippen molar-refractivity contribution in [2.24, 2.45) is 5.92 Å². The smallest absolute Gasteiger partial charge is 0.261 e. The van der Waals surface area contributed by atoms with Gasteiger partial charge in [-0.3, -0.25) is 4.72 Å². The van der Waals surface area contributed by atoms with Crippen LogP contribution in [0, 0.1) is 12.8 Å². The number of benzene rings is 2. The molecule has 0 aliphatic heterocycles. The summed E-state index contributed by atoms with van der Waals surface area (Å²) in [4.78, 5) is 0.257. The van der Waals surface area contributed by atoms with Crippen LogP contribution < -0.4 is 9.46 Å². The van der Waals surface area contributed by atoms with Gasteiger partial charge in [-0.1, -0.05) is 17.7 Å². The highest BCUT2D eigenvalue weighted by Crippen LogP contribution is 2.29. The number of sulfonamides is 1. The average molecular weight is 317 g/mol. The maximum absolute atomic E-state index is 12.3. The van der Waals surface area contributed by atoms with Crippen LogP contribution >= 0.6 is 0 Å². The van der Waals surface area contributed by atoms with Crippen LogP contribution in [0.5, 0.6) is 5.75 Å². The number of aryl methyl sites for hydroxylation is 1. The lowest BCUT2D eigenvalue weighted by atomic mass is 10.2. The van der Waals surface area contributed by atoms with E-state index in [-0.39, 0.29) is 4.90 Å². The first kappa shape index (κ1) is 14.9. The summed E-state index contributed by atoms with van der Waals surface area (Å²) in [7, 11) is -3.55. The first-order valence-corrected chi connectivity index (χ1v) is 8.84. The Morgan fingerprint density at radius 3 is 2.27 bits per heavy atom. The molecule has 2 aromatic rings. The molecule has 22 heavy (non-hydrogen) atoms. The molecule has 1 aliphatic rings. The van der Waals surface area contributed by atoms with Crippen LogP contribution in [0.15, 0.2) is 53.4 Å². The molecule has 0 atom stereocenters. The van der Waals surface area contributed by atoms with Gasteiger partial charge in [0.25, 0.3) is 10.0 Å². The fourth-order valence-corrected chi connectivity index (χ4v) is 3.11. The molecule has 0 aromatic heterocycles. The maximum Gasteiger partial charge on any atom is 0.261 e. The molecule has 4 nitrogen and oxygen atoms in total. The minimum Gasteiger partial charge on any atom is -0.493 e. The van der Waals surface area contributed by atoms with E-state index in [0.29, 0.717) is 11.6 Å². The van der Waals surface area contributed by atoms with E-state index < -0.39 is 10.0 Å². The highest BCUT2D eigenvalue weighted by atomic mass is 32.2. The van der Waals surface area contributed by atoms with Crippen molar-refractivity contribution in [3.8, 4) is 5.75 Å². The Labute approximate surface area is 131 Å². The van der Waals surface area contributed by atoms with Crippen molar-refractivity contribution in [2.75, 3.05) is 11.3 Å². The van der Waals surface area contributed by atoms with E-state index >= 15 is 0 Å². The Bertz CT molecular complexity index is 732. The molecule has 5 heteroatoms. The van der Waals surface area contributed by atoms with Crippen molar-refractivity contribution in [2.45, 2.75) is 24.7 Å². The normalized spacial score (nSPS) is 14.6. The molecule has 0 amide bonds. The topological polar surface area (TPSA) is 55.4 Å². The van der Waals surface area contributed by atoms with E-state index in [9.17, 15) is 8.42 Å². The quantitative estimate of drug-likeness (QED) is 0.886. The van der Waals surface area contributed by atoms with Crippen LogP contribution in [0.1, 0.15) is 18.4 Å². The summed E-state index contributed by atoms with van der Waals surface area (Å²) in [6.45, 7) is 2.67. The summed E-state index contributed by atoms with van der Waals surface area (Å²) in [5.41, 5.74) is 1.55. The lowest BCUT2D eigenvalue weighted by molar-refractivity contribution is 0.300. The number of nitrogens with one attached hydrogen (secondary N) is 1. The van der Waals surface area contributed by atoms with Crippen LogP contribution in [0.3, 0.4) is 0 Å². The summed E-state index contributed by atoms with van der Waals surface area (Å²) in [6, 6.07) is 13.8. The Kier molecular flexibility index (Phi) is 4.07. The van der Waals surface area contributed by atoms with Gasteiger partial charge in [0.05, 0.1) is 11.5 Å². The van der Waals surface area contributed by atoms with Crippen LogP contribution in [-0.2, 0) is 10.0 Å².